The summed E-state index contributed by atoms with van der Waals surface area (Å²) in [6.07, 6.45) is 5.70. The fraction of sp³-hybridized carbons (Fsp3) is 0.481. The Morgan fingerprint density at radius 3 is 2.82 bits per heavy atom. The molecule has 3 aromatic rings. The van der Waals surface area contributed by atoms with Gasteiger partial charge in [0.25, 0.3) is 0 Å². The highest BCUT2D eigenvalue weighted by Gasteiger charge is 2.21. The van der Waals surface area contributed by atoms with Gasteiger partial charge in [0.15, 0.2) is 0 Å². The van der Waals surface area contributed by atoms with Crippen LogP contribution in [0.4, 0.5) is 0 Å². The summed E-state index contributed by atoms with van der Waals surface area (Å²) in [5.74, 6) is 0.364. The van der Waals surface area contributed by atoms with Gasteiger partial charge in [-0.15, -0.1) is 0 Å². The molecule has 7 heteroatoms. The quantitative estimate of drug-likeness (QED) is 0.459. The molecule has 1 aliphatic rings. The van der Waals surface area contributed by atoms with E-state index in [4.69, 9.17) is 9.15 Å². The first kappa shape index (κ1) is 24.2. The largest absolute Gasteiger partial charge is 0.492 e. The number of nitrogens with one attached hydrogen (secondary N) is 1. The highest BCUT2D eigenvalue weighted by atomic mass is 16.5. The molecule has 2 aromatic carbocycles. The van der Waals surface area contributed by atoms with Crippen LogP contribution in [0.1, 0.15) is 37.2 Å². The second-order valence-electron chi connectivity index (χ2n) is 9.33. The highest BCUT2D eigenvalue weighted by Crippen LogP contribution is 2.36. The zero-order valence-electron chi connectivity index (χ0n) is 20.4. The monoisotopic (exact) mass is 465 g/mol. The number of likely N-dealkylation sites (N-methyl/N-ethyl adjacent to an activating group) is 1. The van der Waals surface area contributed by atoms with E-state index >= 15 is 0 Å². The van der Waals surface area contributed by atoms with Gasteiger partial charge in [0, 0.05) is 42.9 Å². The van der Waals surface area contributed by atoms with Crippen molar-refractivity contribution in [1.82, 2.24) is 15.1 Å². The molecule has 0 spiro atoms. The van der Waals surface area contributed by atoms with E-state index in [1.165, 1.54) is 12.8 Å². The van der Waals surface area contributed by atoms with Crippen molar-refractivity contribution < 1.29 is 18.7 Å². The minimum absolute atomic E-state index is 0.0761. The van der Waals surface area contributed by atoms with E-state index in [0.717, 1.165) is 59.0 Å². The molecule has 0 radical (unpaired) electrons. The fourth-order valence-electron chi connectivity index (χ4n) is 4.87. The van der Waals surface area contributed by atoms with Crippen LogP contribution >= 0.6 is 0 Å². The molecule has 1 saturated heterocycles. The lowest BCUT2D eigenvalue weighted by Crippen LogP contribution is -2.43. The van der Waals surface area contributed by atoms with Gasteiger partial charge in [-0.3, -0.25) is 9.69 Å². The number of furan rings is 1. The van der Waals surface area contributed by atoms with Crippen LogP contribution in [0.2, 0.25) is 0 Å². The predicted molar refractivity (Wildman–Crippen MR) is 134 cm³/mol. The van der Waals surface area contributed by atoms with Crippen molar-refractivity contribution in [2.24, 2.45) is 0 Å². The summed E-state index contributed by atoms with van der Waals surface area (Å²) in [7, 11) is 5.97. The van der Waals surface area contributed by atoms with Gasteiger partial charge in [0.2, 0.25) is 5.91 Å². The number of aldehydes is 1. The van der Waals surface area contributed by atoms with Crippen LogP contribution in [0.5, 0.6) is 5.75 Å². The van der Waals surface area contributed by atoms with E-state index in [-0.39, 0.29) is 5.91 Å². The third kappa shape index (κ3) is 5.42. The zero-order valence-corrected chi connectivity index (χ0v) is 20.4. The maximum atomic E-state index is 11.8. The first-order chi connectivity index (χ1) is 16.5. The van der Waals surface area contributed by atoms with Gasteiger partial charge in [0.1, 0.15) is 24.2 Å². The van der Waals surface area contributed by atoms with Crippen LogP contribution in [0, 0.1) is 0 Å². The van der Waals surface area contributed by atoms with Crippen LogP contribution in [0.3, 0.4) is 0 Å². The first-order valence-corrected chi connectivity index (χ1v) is 12.1. The fourth-order valence-corrected chi connectivity index (χ4v) is 4.87. The number of fused-ring (bicyclic) bond motifs is 3. The molecule has 1 aromatic heterocycles. The number of hydrogen-bond donors (Lipinski definition) is 1. The number of carbonyl (C=O) groups excluding carboxylic acids is 2. The number of likely N-dealkylation sites (tertiary alicyclic amines) is 1. The molecular formula is C27H35N3O4. The second-order valence-corrected chi connectivity index (χ2v) is 9.33. The van der Waals surface area contributed by atoms with Crippen molar-refractivity contribution in [3.63, 3.8) is 0 Å². The number of ether oxygens (including phenoxy) is 1. The molecule has 34 heavy (non-hydrogen) atoms. The Kier molecular flexibility index (Phi) is 7.85. The van der Waals surface area contributed by atoms with E-state index in [1.54, 1.807) is 13.3 Å². The van der Waals surface area contributed by atoms with Crippen molar-refractivity contribution in [2.45, 2.75) is 37.6 Å². The van der Waals surface area contributed by atoms with Gasteiger partial charge in [0.05, 0.1) is 6.26 Å². The van der Waals surface area contributed by atoms with Crippen molar-refractivity contribution in [2.75, 3.05) is 47.4 Å². The van der Waals surface area contributed by atoms with Gasteiger partial charge in [-0.05, 0) is 81.5 Å². The minimum atomic E-state index is -0.393. The zero-order chi connectivity index (χ0) is 24.1. The van der Waals surface area contributed by atoms with Crippen molar-refractivity contribution in [1.29, 1.82) is 0 Å². The van der Waals surface area contributed by atoms with Crippen molar-refractivity contribution in [3.05, 3.63) is 42.2 Å². The molecule has 1 unspecified atom stereocenters. The summed E-state index contributed by atoms with van der Waals surface area (Å²) in [6.45, 7) is 3.84. The Morgan fingerprint density at radius 2 is 2.09 bits per heavy atom. The number of hydrogen-bond acceptors (Lipinski definition) is 6. The minimum Gasteiger partial charge on any atom is -0.492 e. The van der Waals surface area contributed by atoms with E-state index in [9.17, 15) is 9.59 Å². The summed E-state index contributed by atoms with van der Waals surface area (Å²) in [5.41, 5.74) is 1.57. The van der Waals surface area contributed by atoms with Gasteiger partial charge < -0.3 is 24.2 Å². The number of rotatable bonds is 10. The molecule has 4 rings (SSSR count). The SMILES string of the molecule is CNC(=O)CCC(C=O)c1coc2ccc3cc(OCCN(C)C4CCN(C)CC4)ccc3c12. The summed E-state index contributed by atoms with van der Waals surface area (Å²) in [5, 5.41) is 5.59. The van der Waals surface area contributed by atoms with Crippen LogP contribution in [-0.2, 0) is 9.59 Å². The number of benzene rings is 2. The lowest BCUT2D eigenvalue weighted by Gasteiger charge is -2.35. The van der Waals surface area contributed by atoms with Gasteiger partial charge in [-0.25, -0.2) is 0 Å². The molecule has 2 heterocycles. The third-order valence-corrected chi connectivity index (χ3v) is 7.10. The summed E-state index contributed by atoms with van der Waals surface area (Å²) >= 11 is 0. The Labute approximate surface area is 201 Å². The Balaban J connectivity index is 1.46. The van der Waals surface area contributed by atoms with E-state index in [0.29, 0.717) is 25.5 Å². The van der Waals surface area contributed by atoms with E-state index in [1.807, 2.05) is 30.3 Å². The van der Waals surface area contributed by atoms with E-state index in [2.05, 4.69) is 29.2 Å². The van der Waals surface area contributed by atoms with Crippen molar-refractivity contribution >= 4 is 33.9 Å². The van der Waals surface area contributed by atoms with Crippen LogP contribution in [0.15, 0.2) is 41.0 Å². The predicted octanol–water partition coefficient (Wildman–Crippen LogP) is 3.80. The Bertz CT molecular complexity index is 1130. The summed E-state index contributed by atoms with van der Waals surface area (Å²) in [6, 6.07) is 10.6. The molecule has 0 aliphatic carbocycles. The maximum absolute atomic E-state index is 11.8. The molecule has 0 bridgehead atoms. The van der Waals surface area contributed by atoms with Gasteiger partial charge in [-0.1, -0.05) is 6.07 Å². The van der Waals surface area contributed by atoms with Gasteiger partial charge in [-0.2, -0.15) is 0 Å². The van der Waals surface area contributed by atoms with Crippen molar-refractivity contribution in [3.8, 4) is 5.75 Å². The number of nitrogens with zero attached hydrogens (tertiary/aromatic N) is 2. The summed E-state index contributed by atoms with van der Waals surface area (Å²) in [4.78, 5) is 28.3. The third-order valence-electron chi connectivity index (χ3n) is 7.10. The van der Waals surface area contributed by atoms with Gasteiger partial charge >= 0.3 is 0 Å². The molecule has 1 atom stereocenters. The average molecular weight is 466 g/mol. The number of piperidine rings is 1. The second kappa shape index (κ2) is 11.0. The Hall–Kier alpha value is -2.90. The molecule has 182 valence electrons. The summed E-state index contributed by atoms with van der Waals surface area (Å²) < 4.78 is 11.8. The molecule has 1 fully saturated rings. The lowest BCUT2D eigenvalue weighted by atomic mass is 9.92. The molecule has 1 N–H and O–H groups in total. The topological polar surface area (TPSA) is 75.0 Å². The standard InChI is InChI=1S/C27H35N3O4/c1-28-26(32)9-5-20(17-31)24-18-34-25-8-4-19-16-22(6-7-23(19)27(24)25)33-15-14-30(3)21-10-12-29(2)13-11-21/h4,6-8,16-18,20-21H,5,9-15H2,1-3H3,(H,28,32). The lowest BCUT2D eigenvalue weighted by molar-refractivity contribution is -0.120. The molecule has 7 nitrogen and oxygen atoms in total. The number of carbonyl (C=O) groups is 2. The van der Waals surface area contributed by atoms with Crippen LogP contribution in [0.25, 0.3) is 21.7 Å². The Morgan fingerprint density at radius 1 is 1.29 bits per heavy atom. The average Bonchev–Trinajstić information content (AvgIpc) is 3.29. The first-order valence-electron chi connectivity index (χ1n) is 12.1. The van der Waals surface area contributed by atoms with E-state index < -0.39 is 5.92 Å². The van der Waals surface area contributed by atoms with Crippen LogP contribution in [-0.4, -0.2) is 75.4 Å². The molecular weight excluding hydrogens is 430 g/mol. The number of amides is 1. The smallest absolute Gasteiger partial charge is 0.219 e. The molecule has 1 aliphatic heterocycles. The highest BCUT2D eigenvalue weighted by molar-refractivity contribution is 6.08. The molecule has 1 amide bonds. The molecule has 0 saturated carbocycles. The van der Waals surface area contributed by atoms with Crippen LogP contribution < -0.4 is 10.1 Å². The normalized spacial score (nSPS) is 16.2. The maximum Gasteiger partial charge on any atom is 0.219 e.